The third kappa shape index (κ3) is 3.53. The number of methoxy groups -OCH3 is 2. The molecular weight excluding hydrogens is 268 g/mol. The molecule has 1 rings (SSSR count). The Bertz CT molecular complexity index is 712. The van der Waals surface area contributed by atoms with Gasteiger partial charge in [-0.25, -0.2) is 0 Å². The van der Waals surface area contributed by atoms with E-state index >= 15 is 0 Å². The van der Waals surface area contributed by atoms with Gasteiger partial charge in [0.15, 0.2) is 17.1 Å². The number of benzene rings is 1. The highest BCUT2D eigenvalue weighted by molar-refractivity contribution is 5.67. The maximum absolute atomic E-state index is 9.12. The number of nitrogens with two attached hydrogens (primary N) is 1. The standard InChI is InChI=1S/C15H12N4O2/c1-20-13-4-3-10(6-14(13)21-2)5-11(7-16)15(19)12(8-17)9-18/h3-6H,19H2,1-2H3/b11-5+. The number of nitrogens with zero attached hydrogens (tertiary/aromatic N) is 3. The van der Waals surface area contributed by atoms with Crippen molar-refractivity contribution in [2.45, 2.75) is 0 Å². The van der Waals surface area contributed by atoms with Crippen molar-refractivity contribution in [1.82, 2.24) is 0 Å². The largest absolute Gasteiger partial charge is 0.493 e. The molecule has 0 aliphatic carbocycles. The normalized spacial score (nSPS) is 9.76. The Kier molecular flexibility index (Phi) is 5.38. The van der Waals surface area contributed by atoms with Gasteiger partial charge in [0.05, 0.1) is 25.5 Å². The van der Waals surface area contributed by atoms with Crippen LogP contribution < -0.4 is 15.2 Å². The number of ether oxygens (including phenoxy) is 2. The van der Waals surface area contributed by atoms with Crippen LogP contribution in [0.25, 0.3) is 6.08 Å². The third-order valence-corrected chi connectivity index (χ3v) is 2.62. The van der Waals surface area contributed by atoms with Crippen molar-refractivity contribution in [1.29, 1.82) is 15.8 Å². The lowest BCUT2D eigenvalue weighted by atomic mass is 10.1. The molecule has 0 amide bonds. The van der Waals surface area contributed by atoms with E-state index in [2.05, 4.69) is 0 Å². The van der Waals surface area contributed by atoms with Crippen molar-refractivity contribution in [3.8, 4) is 29.7 Å². The molecule has 0 aromatic heterocycles. The summed E-state index contributed by atoms with van der Waals surface area (Å²) in [5.74, 6) is 1.04. The number of hydrogen-bond donors (Lipinski definition) is 1. The third-order valence-electron chi connectivity index (χ3n) is 2.62. The number of allylic oxidation sites excluding steroid dienone is 2. The molecule has 0 radical (unpaired) electrons. The van der Waals surface area contributed by atoms with Crippen LogP contribution in [0.1, 0.15) is 5.56 Å². The predicted molar refractivity (Wildman–Crippen MR) is 75.6 cm³/mol. The van der Waals surface area contributed by atoms with Crippen molar-refractivity contribution in [2.75, 3.05) is 14.2 Å². The Morgan fingerprint density at radius 3 is 2.14 bits per heavy atom. The van der Waals surface area contributed by atoms with Gasteiger partial charge in [0, 0.05) is 0 Å². The molecule has 0 spiro atoms. The molecule has 0 aliphatic heterocycles. The van der Waals surface area contributed by atoms with E-state index in [0.29, 0.717) is 17.1 Å². The average Bonchev–Trinajstić information content (AvgIpc) is 2.53. The minimum Gasteiger partial charge on any atom is -0.493 e. The maximum Gasteiger partial charge on any atom is 0.161 e. The summed E-state index contributed by atoms with van der Waals surface area (Å²) in [5, 5.41) is 26.7. The van der Waals surface area contributed by atoms with Crippen molar-refractivity contribution in [3.05, 3.63) is 40.6 Å². The van der Waals surface area contributed by atoms with Crippen LogP contribution in [0.4, 0.5) is 0 Å². The van der Waals surface area contributed by atoms with Crippen LogP contribution in [-0.4, -0.2) is 14.2 Å². The van der Waals surface area contributed by atoms with Gasteiger partial charge in [-0.15, -0.1) is 0 Å². The Balaban J connectivity index is 3.35. The molecule has 0 atom stereocenters. The second kappa shape index (κ2) is 7.23. The van der Waals surface area contributed by atoms with E-state index in [4.69, 9.17) is 31.0 Å². The topological polar surface area (TPSA) is 116 Å². The van der Waals surface area contributed by atoms with Gasteiger partial charge in [-0.05, 0) is 23.8 Å². The summed E-state index contributed by atoms with van der Waals surface area (Å²) in [6, 6.07) is 10.2. The number of nitriles is 3. The van der Waals surface area contributed by atoms with Crippen LogP contribution in [0.2, 0.25) is 0 Å². The Morgan fingerprint density at radius 2 is 1.67 bits per heavy atom. The minimum atomic E-state index is -0.303. The molecule has 2 N–H and O–H groups in total. The fraction of sp³-hybridized carbons (Fsp3) is 0.133. The molecule has 1 aromatic carbocycles. The van der Waals surface area contributed by atoms with Gasteiger partial charge in [-0.1, -0.05) is 6.07 Å². The Hall–Kier alpha value is -3.43. The second-order valence-corrected chi connectivity index (χ2v) is 3.80. The van der Waals surface area contributed by atoms with Gasteiger partial charge in [-0.2, -0.15) is 15.8 Å². The molecule has 104 valence electrons. The van der Waals surface area contributed by atoms with Gasteiger partial charge in [0.2, 0.25) is 0 Å². The second-order valence-electron chi connectivity index (χ2n) is 3.80. The monoisotopic (exact) mass is 280 g/mol. The zero-order chi connectivity index (χ0) is 15.8. The van der Waals surface area contributed by atoms with Crippen molar-refractivity contribution in [2.24, 2.45) is 5.73 Å². The zero-order valence-electron chi connectivity index (χ0n) is 11.5. The van der Waals surface area contributed by atoms with Crippen molar-refractivity contribution in [3.63, 3.8) is 0 Å². The molecule has 0 saturated heterocycles. The molecule has 21 heavy (non-hydrogen) atoms. The number of rotatable bonds is 4. The van der Waals surface area contributed by atoms with Crippen LogP contribution >= 0.6 is 0 Å². The highest BCUT2D eigenvalue weighted by atomic mass is 16.5. The summed E-state index contributed by atoms with van der Waals surface area (Å²) in [5.41, 5.74) is 5.85. The van der Waals surface area contributed by atoms with E-state index in [1.165, 1.54) is 20.3 Å². The van der Waals surface area contributed by atoms with Crippen LogP contribution in [0, 0.1) is 34.0 Å². The predicted octanol–water partition coefficient (Wildman–Crippen LogP) is 1.87. The zero-order valence-corrected chi connectivity index (χ0v) is 11.5. The van der Waals surface area contributed by atoms with E-state index in [0.717, 1.165) is 0 Å². The molecule has 6 heteroatoms. The Morgan fingerprint density at radius 1 is 1.05 bits per heavy atom. The molecule has 6 nitrogen and oxygen atoms in total. The van der Waals surface area contributed by atoms with E-state index in [-0.39, 0.29) is 16.8 Å². The molecule has 1 aromatic rings. The highest BCUT2D eigenvalue weighted by Crippen LogP contribution is 2.28. The first-order valence-corrected chi connectivity index (χ1v) is 5.75. The van der Waals surface area contributed by atoms with Crippen LogP contribution in [-0.2, 0) is 0 Å². The highest BCUT2D eigenvalue weighted by Gasteiger charge is 2.09. The fourth-order valence-corrected chi connectivity index (χ4v) is 1.56. The van der Waals surface area contributed by atoms with Crippen LogP contribution in [0.5, 0.6) is 11.5 Å². The summed E-state index contributed by atoms with van der Waals surface area (Å²) in [6.45, 7) is 0. The lowest BCUT2D eigenvalue weighted by Crippen LogP contribution is -2.03. The molecule has 0 fully saturated rings. The first kappa shape index (κ1) is 15.6. The van der Waals surface area contributed by atoms with E-state index in [9.17, 15) is 0 Å². The molecule has 0 saturated carbocycles. The molecule has 0 aliphatic rings. The first-order chi connectivity index (χ1) is 10.1. The number of hydrogen-bond acceptors (Lipinski definition) is 6. The van der Waals surface area contributed by atoms with Gasteiger partial charge >= 0.3 is 0 Å². The summed E-state index contributed by atoms with van der Waals surface area (Å²) in [4.78, 5) is 0. The lowest BCUT2D eigenvalue weighted by Gasteiger charge is -2.08. The average molecular weight is 280 g/mol. The minimum absolute atomic E-state index is 0.0281. The van der Waals surface area contributed by atoms with E-state index in [1.54, 1.807) is 30.3 Å². The van der Waals surface area contributed by atoms with E-state index < -0.39 is 0 Å². The van der Waals surface area contributed by atoms with Crippen LogP contribution in [0.15, 0.2) is 35.0 Å². The lowest BCUT2D eigenvalue weighted by molar-refractivity contribution is 0.355. The van der Waals surface area contributed by atoms with Crippen LogP contribution in [0.3, 0.4) is 0 Å². The molecule has 0 heterocycles. The summed E-state index contributed by atoms with van der Waals surface area (Å²) in [7, 11) is 3.01. The summed E-state index contributed by atoms with van der Waals surface area (Å²) >= 11 is 0. The molecule has 0 unspecified atom stereocenters. The van der Waals surface area contributed by atoms with Gasteiger partial charge in [0.25, 0.3) is 0 Å². The van der Waals surface area contributed by atoms with Crippen molar-refractivity contribution < 1.29 is 9.47 Å². The van der Waals surface area contributed by atoms with Gasteiger partial charge in [-0.3, -0.25) is 0 Å². The SMILES string of the molecule is COc1ccc(/C=C(\C#N)C(N)=C(C#N)C#N)cc1OC. The Labute approximate surface area is 122 Å². The summed E-state index contributed by atoms with van der Waals surface area (Å²) < 4.78 is 10.3. The quantitative estimate of drug-likeness (QED) is 0.664. The summed E-state index contributed by atoms with van der Waals surface area (Å²) in [6.07, 6.45) is 1.46. The van der Waals surface area contributed by atoms with Crippen molar-refractivity contribution >= 4 is 6.08 Å². The first-order valence-electron chi connectivity index (χ1n) is 5.75. The molecular formula is C15H12N4O2. The fourth-order valence-electron chi connectivity index (χ4n) is 1.56. The molecule has 0 bridgehead atoms. The maximum atomic E-state index is 9.12. The van der Waals surface area contributed by atoms with Gasteiger partial charge in [0.1, 0.15) is 18.2 Å². The van der Waals surface area contributed by atoms with Gasteiger partial charge < -0.3 is 15.2 Å². The smallest absolute Gasteiger partial charge is 0.161 e. The van der Waals surface area contributed by atoms with E-state index in [1.807, 2.05) is 6.07 Å².